The number of benzene rings is 1. The van der Waals surface area contributed by atoms with Crippen LogP contribution in [0.25, 0.3) is 16.9 Å². The van der Waals surface area contributed by atoms with Crippen molar-refractivity contribution in [3.63, 3.8) is 0 Å². The van der Waals surface area contributed by atoms with Crippen LogP contribution in [0.15, 0.2) is 36.8 Å². The summed E-state index contributed by atoms with van der Waals surface area (Å²) < 4.78 is 15.8. The second kappa shape index (κ2) is 4.92. The van der Waals surface area contributed by atoms with E-state index in [-0.39, 0.29) is 5.82 Å². The maximum absolute atomic E-state index is 13.9. The van der Waals surface area contributed by atoms with Gasteiger partial charge in [0.1, 0.15) is 5.82 Å². The zero-order valence-electron chi connectivity index (χ0n) is 11.4. The molecule has 0 bridgehead atoms. The summed E-state index contributed by atoms with van der Waals surface area (Å²) in [5.41, 5.74) is 3.90. The minimum atomic E-state index is -0.273. The molecule has 0 aliphatic rings. The maximum Gasteiger partial charge on any atom is 0.159 e. The predicted molar refractivity (Wildman–Crippen MR) is 77.3 cm³/mol. The molecule has 0 saturated heterocycles. The number of fused-ring (bicyclic) bond motifs is 1. The molecule has 0 radical (unpaired) electrons. The third-order valence-electron chi connectivity index (χ3n) is 3.37. The molecule has 20 heavy (non-hydrogen) atoms. The molecule has 0 aliphatic heterocycles. The lowest BCUT2D eigenvalue weighted by atomic mass is 10.1. The van der Waals surface area contributed by atoms with Gasteiger partial charge in [-0.05, 0) is 18.6 Å². The molecule has 2 aromatic heterocycles. The third-order valence-corrected chi connectivity index (χ3v) is 3.37. The molecule has 2 heterocycles. The van der Waals surface area contributed by atoms with Crippen molar-refractivity contribution in [3.8, 4) is 11.3 Å². The van der Waals surface area contributed by atoms with Crippen molar-refractivity contribution < 1.29 is 4.39 Å². The SMILES string of the molecule is CCc1nccn2c(-c3ccc(NC)c(F)c3)cnc12. The van der Waals surface area contributed by atoms with Crippen molar-refractivity contribution in [1.82, 2.24) is 14.4 Å². The molecule has 1 N–H and O–H groups in total. The van der Waals surface area contributed by atoms with Crippen LogP contribution in [-0.4, -0.2) is 21.4 Å². The van der Waals surface area contributed by atoms with Gasteiger partial charge in [0.15, 0.2) is 5.65 Å². The van der Waals surface area contributed by atoms with Crippen LogP contribution in [-0.2, 0) is 6.42 Å². The highest BCUT2D eigenvalue weighted by molar-refractivity contribution is 5.67. The Morgan fingerprint density at radius 3 is 2.85 bits per heavy atom. The first kappa shape index (κ1) is 12.6. The summed E-state index contributed by atoms with van der Waals surface area (Å²) >= 11 is 0. The number of nitrogens with zero attached hydrogens (tertiary/aromatic N) is 3. The number of halogens is 1. The number of imidazole rings is 1. The van der Waals surface area contributed by atoms with Gasteiger partial charge >= 0.3 is 0 Å². The number of nitrogens with one attached hydrogen (secondary N) is 1. The van der Waals surface area contributed by atoms with Gasteiger partial charge in [-0.1, -0.05) is 13.0 Å². The first-order valence-electron chi connectivity index (χ1n) is 6.53. The molecule has 3 aromatic rings. The topological polar surface area (TPSA) is 42.2 Å². The molecule has 0 spiro atoms. The number of anilines is 1. The first-order valence-corrected chi connectivity index (χ1v) is 6.53. The second-order valence-electron chi connectivity index (χ2n) is 4.51. The summed E-state index contributed by atoms with van der Waals surface area (Å²) in [7, 11) is 1.70. The van der Waals surface area contributed by atoms with Crippen LogP contribution in [0.3, 0.4) is 0 Å². The van der Waals surface area contributed by atoms with Crippen molar-refractivity contribution in [1.29, 1.82) is 0 Å². The largest absolute Gasteiger partial charge is 0.386 e. The number of hydrogen-bond donors (Lipinski definition) is 1. The van der Waals surface area contributed by atoms with Crippen LogP contribution in [0.5, 0.6) is 0 Å². The summed E-state index contributed by atoms with van der Waals surface area (Å²) in [6.07, 6.45) is 6.16. The predicted octanol–water partition coefficient (Wildman–Crippen LogP) is 3.14. The van der Waals surface area contributed by atoms with Gasteiger partial charge in [-0.15, -0.1) is 0 Å². The lowest BCUT2D eigenvalue weighted by Crippen LogP contribution is -1.96. The lowest BCUT2D eigenvalue weighted by molar-refractivity contribution is 0.632. The van der Waals surface area contributed by atoms with Gasteiger partial charge in [-0.25, -0.2) is 9.37 Å². The molecule has 102 valence electrons. The fourth-order valence-corrected chi connectivity index (χ4v) is 2.31. The van der Waals surface area contributed by atoms with Gasteiger partial charge in [-0.2, -0.15) is 0 Å². The van der Waals surface area contributed by atoms with Crippen LogP contribution in [0.4, 0.5) is 10.1 Å². The van der Waals surface area contributed by atoms with E-state index >= 15 is 0 Å². The van der Waals surface area contributed by atoms with Gasteiger partial charge in [0.05, 0.1) is 23.3 Å². The number of hydrogen-bond acceptors (Lipinski definition) is 3. The van der Waals surface area contributed by atoms with Crippen molar-refractivity contribution >= 4 is 11.3 Å². The minimum Gasteiger partial charge on any atom is -0.386 e. The van der Waals surface area contributed by atoms with Gasteiger partial charge in [0, 0.05) is 25.0 Å². The molecular weight excluding hydrogens is 255 g/mol. The highest BCUT2D eigenvalue weighted by Crippen LogP contribution is 2.25. The van der Waals surface area contributed by atoms with Crippen LogP contribution < -0.4 is 5.32 Å². The van der Waals surface area contributed by atoms with Crippen LogP contribution >= 0.6 is 0 Å². The fourth-order valence-electron chi connectivity index (χ4n) is 2.31. The molecular formula is C15H15FN4. The Balaban J connectivity index is 2.17. The quantitative estimate of drug-likeness (QED) is 0.795. The average molecular weight is 270 g/mol. The Bertz CT molecular complexity index is 764. The second-order valence-corrected chi connectivity index (χ2v) is 4.51. The van der Waals surface area contributed by atoms with E-state index in [1.54, 1.807) is 25.5 Å². The number of aromatic nitrogens is 3. The van der Waals surface area contributed by atoms with Gasteiger partial charge in [0.25, 0.3) is 0 Å². The first-order chi connectivity index (χ1) is 9.74. The third kappa shape index (κ3) is 1.91. The summed E-state index contributed by atoms with van der Waals surface area (Å²) in [4.78, 5) is 8.71. The fraction of sp³-hybridized carbons (Fsp3) is 0.200. The van der Waals surface area contributed by atoms with Crippen molar-refractivity contribution in [2.75, 3.05) is 12.4 Å². The van der Waals surface area contributed by atoms with E-state index < -0.39 is 0 Å². The molecule has 5 heteroatoms. The molecule has 1 aromatic carbocycles. The zero-order valence-corrected chi connectivity index (χ0v) is 11.4. The van der Waals surface area contributed by atoms with E-state index in [9.17, 15) is 4.39 Å². The van der Waals surface area contributed by atoms with Crippen molar-refractivity contribution in [2.24, 2.45) is 0 Å². The van der Waals surface area contributed by atoms with E-state index in [4.69, 9.17) is 0 Å². The van der Waals surface area contributed by atoms with Crippen LogP contribution in [0.2, 0.25) is 0 Å². The Kier molecular flexibility index (Phi) is 3.10. The Hall–Kier alpha value is -2.43. The van der Waals surface area contributed by atoms with Crippen LogP contribution in [0, 0.1) is 5.82 Å². The highest BCUT2D eigenvalue weighted by atomic mass is 19.1. The standard InChI is InChI=1S/C15H15FN4/c1-3-12-15-19-9-14(20(15)7-6-18-12)10-4-5-13(17-2)11(16)8-10/h4-9,17H,3H2,1-2H3. The number of aryl methyl sites for hydroxylation is 1. The molecule has 0 amide bonds. The average Bonchev–Trinajstić information content (AvgIpc) is 2.91. The molecule has 4 nitrogen and oxygen atoms in total. The smallest absolute Gasteiger partial charge is 0.159 e. The summed E-state index contributed by atoms with van der Waals surface area (Å²) in [6.45, 7) is 2.04. The summed E-state index contributed by atoms with van der Waals surface area (Å²) in [5.74, 6) is -0.273. The Morgan fingerprint density at radius 1 is 1.30 bits per heavy atom. The Labute approximate surface area is 116 Å². The van der Waals surface area contributed by atoms with Gasteiger partial charge < -0.3 is 5.32 Å². The van der Waals surface area contributed by atoms with Crippen LogP contribution in [0.1, 0.15) is 12.6 Å². The lowest BCUT2D eigenvalue weighted by Gasteiger charge is -2.06. The molecule has 3 rings (SSSR count). The van der Waals surface area contributed by atoms with Crippen molar-refractivity contribution in [3.05, 3.63) is 48.3 Å². The van der Waals surface area contributed by atoms with E-state index in [1.165, 1.54) is 6.07 Å². The number of rotatable bonds is 3. The molecule has 0 saturated carbocycles. The van der Waals surface area contributed by atoms with E-state index in [2.05, 4.69) is 15.3 Å². The molecule has 0 aliphatic carbocycles. The summed E-state index contributed by atoms with van der Waals surface area (Å²) in [6, 6.07) is 5.12. The Morgan fingerprint density at radius 2 is 2.15 bits per heavy atom. The van der Waals surface area contributed by atoms with E-state index in [0.717, 1.165) is 29.0 Å². The van der Waals surface area contributed by atoms with Gasteiger partial charge in [0.2, 0.25) is 0 Å². The molecule has 0 atom stereocenters. The normalized spacial score (nSPS) is 10.9. The maximum atomic E-state index is 13.9. The molecule has 0 fully saturated rings. The van der Waals surface area contributed by atoms with E-state index in [0.29, 0.717) is 5.69 Å². The monoisotopic (exact) mass is 270 g/mol. The minimum absolute atomic E-state index is 0.273. The van der Waals surface area contributed by atoms with E-state index in [1.807, 2.05) is 23.6 Å². The highest BCUT2D eigenvalue weighted by Gasteiger charge is 2.11. The van der Waals surface area contributed by atoms with Crippen molar-refractivity contribution in [2.45, 2.75) is 13.3 Å². The molecule has 0 unspecified atom stereocenters. The zero-order chi connectivity index (χ0) is 14.1. The van der Waals surface area contributed by atoms with Gasteiger partial charge in [-0.3, -0.25) is 9.38 Å². The summed E-state index contributed by atoms with van der Waals surface area (Å²) in [5, 5.41) is 2.82.